The number of para-hydroxylation sites is 1. The molecular formula is C53H50F3N9O7S. The Hall–Kier alpha value is -8.13. The lowest BCUT2D eigenvalue weighted by atomic mass is 9.85. The fourth-order valence-corrected chi connectivity index (χ4v) is 10.3. The Labute approximate surface area is 419 Å². The number of nitrogens with one attached hydrogen (secondary N) is 5. The molecule has 4 aromatic carbocycles. The largest absolute Gasteiger partial charge is 0.416 e. The fraction of sp³-hybridized carbons (Fsp3) is 0.283. The summed E-state index contributed by atoms with van der Waals surface area (Å²) in [7, 11) is 0. The molecule has 2 atom stereocenters. The van der Waals surface area contributed by atoms with E-state index < -0.39 is 52.9 Å². The first kappa shape index (κ1) is 49.8. The molecular weight excluding hydrogens is 964 g/mol. The number of benzene rings is 4. The predicted octanol–water partition coefficient (Wildman–Crippen LogP) is 8.17. The van der Waals surface area contributed by atoms with Crippen LogP contribution in [0.1, 0.15) is 122 Å². The molecule has 3 aromatic heterocycles. The number of aromatic amines is 2. The highest BCUT2D eigenvalue weighted by Gasteiger charge is 2.45. The molecule has 376 valence electrons. The number of amides is 5. The van der Waals surface area contributed by atoms with E-state index in [4.69, 9.17) is 0 Å². The van der Waals surface area contributed by atoms with E-state index in [0.717, 1.165) is 66.9 Å². The van der Waals surface area contributed by atoms with E-state index in [1.54, 1.807) is 86.0 Å². The number of aromatic nitrogens is 5. The summed E-state index contributed by atoms with van der Waals surface area (Å²) >= 11 is 1.13. The summed E-state index contributed by atoms with van der Waals surface area (Å²) < 4.78 is 42.4. The molecule has 0 spiro atoms. The van der Waals surface area contributed by atoms with Crippen LogP contribution in [0.5, 0.6) is 0 Å². The van der Waals surface area contributed by atoms with Crippen LogP contribution in [0.4, 0.5) is 18.9 Å². The molecule has 16 nitrogen and oxygen atoms in total. The lowest BCUT2D eigenvalue weighted by Crippen LogP contribution is -2.54. The third-order valence-corrected chi connectivity index (χ3v) is 14.0. The van der Waals surface area contributed by atoms with E-state index >= 15 is 0 Å². The van der Waals surface area contributed by atoms with Gasteiger partial charge in [-0.2, -0.15) is 17.9 Å². The maximum atomic E-state index is 14.5. The van der Waals surface area contributed by atoms with Crippen molar-refractivity contribution in [2.24, 2.45) is 0 Å². The molecule has 7 aromatic rings. The van der Waals surface area contributed by atoms with Crippen LogP contribution in [0.3, 0.4) is 0 Å². The van der Waals surface area contributed by atoms with Crippen LogP contribution in [0.25, 0.3) is 22.1 Å². The minimum atomic E-state index is -4.49. The molecule has 0 radical (unpaired) electrons. The standard InChI is InChI=1S/C53H50F3N9O7S/c1-30-42(50(71)64(61-30)36-13-8-7-9-14-36)44(43-31(2)62-65(51(43)72)52-59-39(29-73-52)32-21-23-35(24-22-32)53(54,55)56)33-17-19-34(20-18-33)46(67)58-28-11-6-4-3-5-10-27-57-38-16-12-15-37-45(38)49(70)63(48(37)69)40-25-26-41(66)60-47(40)68/h7-9,12-24,29,40,44,57,61-62H,3-6,10-11,25-28H2,1-2H3,(H,58,67)(H,60,66,68). The van der Waals surface area contributed by atoms with Crippen molar-refractivity contribution < 1.29 is 37.1 Å². The quantitative estimate of drug-likeness (QED) is 0.0414. The lowest BCUT2D eigenvalue weighted by molar-refractivity contribution is -0.138. The van der Waals surface area contributed by atoms with E-state index in [2.05, 4.69) is 31.1 Å². The van der Waals surface area contributed by atoms with Crippen molar-refractivity contribution in [3.05, 3.63) is 173 Å². The molecule has 1 saturated heterocycles. The van der Waals surface area contributed by atoms with Crippen LogP contribution >= 0.6 is 11.3 Å². The number of unbranched alkanes of at least 4 members (excludes halogenated alkanes) is 5. The van der Waals surface area contributed by atoms with Crippen LogP contribution < -0.4 is 27.1 Å². The highest BCUT2D eigenvalue weighted by Crippen LogP contribution is 2.36. The molecule has 0 bridgehead atoms. The number of carbonyl (C=O) groups excluding carboxylic acids is 5. The first-order valence-electron chi connectivity index (χ1n) is 23.9. The van der Waals surface area contributed by atoms with Crippen molar-refractivity contribution in [2.75, 3.05) is 18.4 Å². The number of alkyl halides is 3. The summed E-state index contributed by atoms with van der Waals surface area (Å²) in [6, 6.07) is 24.4. The van der Waals surface area contributed by atoms with Gasteiger partial charge in [0, 0.05) is 59.0 Å². The maximum absolute atomic E-state index is 14.5. The zero-order valence-electron chi connectivity index (χ0n) is 39.7. The number of hydrogen-bond acceptors (Lipinski definition) is 10. The van der Waals surface area contributed by atoms with Crippen LogP contribution in [0.15, 0.2) is 112 Å². The number of H-pyrrole nitrogens is 2. The first-order chi connectivity index (χ1) is 35.1. The summed E-state index contributed by atoms with van der Waals surface area (Å²) in [5.41, 5.74) is 3.30. The minimum Gasteiger partial charge on any atom is -0.384 e. The van der Waals surface area contributed by atoms with E-state index in [9.17, 15) is 46.7 Å². The molecule has 1 fully saturated rings. The van der Waals surface area contributed by atoms with Crippen molar-refractivity contribution in [3.63, 3.8) is 0 Å². The number of piperidine rings is 1. The third-order valence-electron chi connectivity index (χ3n) is 13.2. The van der Waals surface area contributed by atoms with Gasteiger partial charge in [0.15, 0.2) is 0 Å². The molecule has 2 aliphatic rings. The van der Waals surface area contributed by atoms with E-state index in [1.165, 1.54) is 21.5 Å². The summed E-state index contributed by atoms with van der Waals surface area (Å²) in [4.78, 5) is 98.4. The van der Waals surface area contributed by atoms with Gasteiger partial charge in [-0.15, -0.1) is 11.3 Å². The molecule has 20 heteroatoms. The van der Waals surface area contributed by atoms with Gasteiger partial charge in [0.1, 0.15) is 6.04 Å². The van der Waals surface area contributed by atoms with Crippen molar-refractivity contribution in [1.29, 1.82) is 0 Å². The number of carbonyl (C=O) groups is 5. The van der Waals surface area contributed by atoms with Gasteiger partial charge in [-0.05, 0) is 87.2 Å². The average Bonchev–Trinajstić information content (AvgIpc) is 4.12. The summed E-state index contributed by atoms with van der Waals surface area (Å²) in [5.74, 6) is -3.37. The van der Waals surface area contributed by atoms with E-state index in [0.29, 0.717) is 63.8 Å². The highest BCUT2D eigenvalue weighted by atomic mass is 32.1. The van der Waals surface area contributed by atoms with Gasteiger partial charge in [0.05, 0.1) is 39.2 Å². The van der Waals surface area contributed by atoms with Crippen LogP contribution in [-0.2, 0) is 15.8 Å². The Morgan fingerprint density at radius 2 is 1.40 bits per heavy atom. The maximum Gasteiger partial charge on any atom is 0.416 e. The molecule has 5 amide bonds. The van der Waals surface area contributed by atoms with Gasteiger partial charge in [-0.3, -0.25) is 54.0 Å². The number of hydrogen-bond donors (Lipinski definition) is 5. The Morgan fingerprint density at radius 3 is 2.07 bits per heavy atom. The SMILES string of the molecule is Cc1[nH]n(-c2ccccc2)c(=O)c1C(c1ccc(C(=O)NCCCCCCCCNc2cccc3c2C(=O)N(C2CCC(=O)NC2=O)C3=O)cc1)c1c(C)[nH]n(-c2nc(-c3ccc(C(F)(F)F)cc3)cs2)c1=O. The minimum absolute atomic E-state index is 0.0470. The number of fused-ring (bicyclic) bond motifs is 1. The van der Waals surface area contributed by atoms with Crippen molar-refractivity contribution in [2.45, 2.75) is 83.4 Å². The van der Waals surface area contributed by atoms with Gasteiger partial charge >= 0.3 is 6.18 Å². The van der Waals surface area contributed by atoms with Crippen molar-refractivity contribution in [1.82, 2.24) is 40.1 Å². The van der Waals surface area contributed by atoms with Gasteiger partial charge in [0.25, 0.3) is 28.8 Å². The van der Waals surface area contributed by atoms with Gasteiger partial charge in [0.2, 0.25) is 16.9 Å². The zero-order chi connectivity index (χ0) is 51.6. The van der Waals surface area contributed by atoms with Crippen LogP contribution in [0.2, 0.25) is 0 Å². The van der Waals surface area contributed by atoms with Crippen molar-refractivity contribution in [3.8, 4) is 22.1 Å². The molecule has 0 saturated carbocycles. The first-order valence-corrected chi connectivity index (χ1v) is 24.8. The number of nitrogens with zero attached hydrogens (tertiary/aromatic N) is 4. The predicted molar refractivity (Wildman–Crippen MR) is 267 cm³/mol. The summed E-state index contributed by atoms with van der Waals surface area (Å²) in [6.45, 7) is 4.49. The van der Waals surface area contributed by atoms with Gasteiger partial charge in [-0.1, -0.05) is 74.2 Å². The molecule has 2 aliphatic heterocycles. The van der Waals surface area contributed by atoms with E-state index in [-0.39, 0.29) is 46.1 Å². The smallest absolute Gasteiger partial charge is 0.384 e. The zero-order valence-corrected chi connectivity index (χ0v) is 40.5. The second-order valence-electron chi connectivity index (χ2n) is 18.0. The highest BCUT2D eigenvalue weighted by molar-refractivity contribution is 7.12. The molecule has 0 aliphatic carbocycles. The van der Waals surface area contributed by atoms with Crippen LogP contribution in [0, 0.1) is 13.8 Å². The monoisotopic (exact) mass is 1010 g/mol. The number of thiazole rings is 1. The fourth-order valence-electron chi connectivity index (χ4n) is 9.47. The molecule has 9 rings (SSSR count). The number of rotatable bonds is 18. The number of aryl methyl sites for hydroxylation is 2. The Kier molecular flexibility index (Phi) is 14.3. The van der Waals surface area contributed by atoms with Crippen molar-refractivity contribution >= 4 is 46.6 Å². The molecule has 5 N–H and O–H groups in total. The number of anilines is 1. The Morgan fingerprint density at radius 1 is 0.753 bits per heavy atom. The summed E-state index contributed by atoms with van der Waals surface area (Å²) in [5, 5.41) is 16.6. The second-order valence-corrected chi connectivity index (χ2v) is 18.9. The molecule has 2 unspecified atom stereocenters. The number of imide groups is 2. The summed E-state index contributed by atoms with van der Waals surface area (Å²) in [6.07, 6.45) is 0.884. The normalized spacial score (nSPS) is 15.1. The third kappa shape index (κ3) is 10.2. The van der Waals surface area contributed by atoms with Gasteiger partial charge in [-0.25, -0.2) is 9.67 Å². The lowest BCUT2D eigenvalue weighted by Gasteiger charge is -2.27. The molecule has 5 heterocycles. The Bertz CT molecular complexity index is 3360. The molecule has 73 heavy (non-hydrogen) atoms. The number of halogens is 3. The average molecular weight is 1010 g/mol. The topological polar surface area (TPSA) is 213 Å². The van der Waals surface area contributed by atoms with Gasteiger partial charge < -0.3 is 10.6 Å². The van der Waals surface area contributed by atoms with E-state index in [1.807, 2.05) is 6.07 Å². The Balaban J connectivity index is 0.812. The second kappa shape index (κ2) is 20.9. The van der Waals surface area contributed by atoms with Crippen LogP contribution in [-0.4, -0.2) is 78.1 Å².